The molecule has 0 spiro atoms. The molecular formula is C5H13N3O. The van der Waals surface area contributed by atoms with Gasteiger partial charge in [-0.25, -0.2) is 0 Å². The Hall–Kier alpha value is -0.770. The fourth-order valence-electron chi connectivity index (χ4n) is 0.338. The number of likely N-dealkylation sites (N-methyl/N-ethyl adjacent to an activating group) is 1. The van der Waals surface area contributed by atoms with Gasteiger partial charge in [-0.3, -0.25) is 5.41 Å². The number of hydrogen-bond acceptors (Lipinski definition) is 3. The van der Waals surface area contributed by atoms with Crippen molar-refractivity contribution in [1.29, 1.82) is 5.41 Å². The number of amidine groups is 1. The molecule has 0 aromatic rings. The van der Waals surface area contributed by atoms with Crippen molar-refractivity contribution in [1.82, 2.24) is 4.90 Å². The molecule has 0 aliphatic carbocycles. The molecule has 0 radical (unpaired) electrons. The van der Waals surface area contributed by atoms with E-state index in [1.165, 1.54) is 0 Å². The molecule has 0 heterocycles. The molecule has 4 nitrogen and oxygen atoms in total. The van der Waals surface area contributed by atoms with Gasteiger partial charge in [0.25, 0.3) is 6.02 Å². The molecule has 4 heteroatoms. The molecule has 0 amide bonds. The summed E-state index contributed by atoms with van der Waals surface area (Å²) >= 11 is 0. The number of rotatable bonds is 3. The van der Waals surface area contributed by atoms with Crippen molar-refractivity contribution in [3.8, 4) is 0 Å². The Balaban J connectivity index is 3.01. The number of hydrogen-bond donors (Lipinski definition) is 2. The summed E-state index contributed by atoms with van der Waals surface area (Å²) in [7, 11) is 3.87. The molecule has 0 aromatic carbocycles. The first-order valence-electron chi connectivity index (χ1n) is 2.74. The van der Waals surface area contributed by atoms with Gasteiger partial charge in [0.15, 0.2) is 0 Å². The zero-order valence-electron chi connectivity index (χ0n) is 5.85. The number of nitrogens with zero attached hydrogens (tertiary/aromatic N) is 1. The molecule has 0 saturated heterocycles. The van der Waals surface area contributed by atoms with E-state index in [4.69, 9.17) is 11.1 Å². The van der Waals surface area contributed by atoms with Crippen molar-refractivity contribution in [3.63, 3.8) is 0 Å². The lowest BCUT2D eigenvalue weighted by molar-refractivity contribution is 0.246. The molecule has 0 atom stereocenters. The average Bonchev–Trinajstić information content (AvgIpc) is 1.63. The van der Waals surface area contributed by atoms with E-state index < -0.39 is 0 Å². The first-order chi connectivity index (χ1) is 4.13. The molecule has 0 rings (SSSR count). The largest absolute Gasteiger partial charge is 0.464 e. The predicted octanol–water partition coefficient (Wildman–Crippen LogP) is -0.542. The maximum Gasteiger partial charge on any atom is 0.279 e. The van der Waals surface area contributed by atoms with E-state index in [9.17, 15) is 0 Å². The zero-order valence-corrected chi connectivity index (χ0v) is 5.85. The number of nitrogens with one attached hydrogen (secondary N) is 1. The summed E-state index contributed by atoms with van der Waals surface area (Å²) in [5.41, 5.74) is 4.92. The van der Waals surface area contributed by atoms with Crippen molar-refractivity contribution in [2.45, 2.75) is 0 Å². The van der Waals surface area contributed by atoms with E-state index in [1.54, 1.807) is 0 Å². The van der Waals surface area contributed by atoms with E-state index in [0.717, 1.165) is 6.54 Å². The van der Waals surface area contributed by atoms with Crippen molar-refractivity contribution < 1.29 is 4.74 Å². The summed E-state index contributed by atoms with van der Waals surface area (Å²) < 4.78 is 4.67. The second-order valence-corrected chi connectivity index (χ2v) is 2.02. The van der Waals surface area contributed by atoms with Gasteiger partial charge >= 0.3 is 0 Å². The smallest absolute Gasteiger partial charge is 0.279 e. The summed E-state index contributed by atoms with van der Waals surface area (Å²) in [4.78, 5) is 1.96. The van der Waals surface area contributed by atoms with E-state index in [1.807, 2.05) is 19.0 Å². The lowest BCUT2D eigenvalue weighted by Gasteiger charge is -2.08. The Kier molecular flexibility index (Phi) is 3.79. The van der Waals surface area contributed by atoms with Crippen LogP contribution in [0.1, 0.15) is 0 Å². The molecule has 0 fully saturated rings. The van der Waals surface area contributed by atoms with Crippen LogP contribution in [-0.2, 0) is 4.74 Å². The topological polar surface area (TPSA) is 62.3 Å². The molecule has 0 aromatic heterocycles. The minimum absolute atomic E-state index is 0.211. The summed E-state index contributed by atoms with van der Waals surface area (Å²) in [6.45, 7) is 1.28. The lowest BCUT2D eigenvalue weighted by Crippen LogP contribution is -2.23. The van der Waals surface area contributed by atoms with Crippen molar-refractivity contribution in [2.24, 2.45) is 5.73 Å². The number of ether oxygens (including phenoxy) is 1. The molecule has 54 valence electrons. The fourth-order valence-corrected chi connectivity index (χ4v) is 0.338. The second-order valence-electron chi connectivity index (χ2n) is 2.02. The SMILES string of the molecule is CN(C)CCOC(=N)N. The first-order valence-corrected chi connectivity index (χ1v) is 2.74. The summed E-state index contributed by atoms with van der Waals surface area (Å²) in [5, 5.41) is 6.68. The van der Waals surface area contributed by atoms with Gasteiger partial charge in [0.1, 0.15) is 6.61 Å². The summed E-state index contributed by atoms with van der Waals surface area (Å²) in [6, 6.07) is -0.211. The summed E-state index contributed by atoms with van der Waals surface area (Å²) in [5.74, 6) is 0. The molecular weight excluding hydrogens is 118 g/mol. The standard InChI is InChI=1S/C5H13N3O/c1-8(2)3-4-9-5(6)7/h3-4H2,1-2H3,(H3,6,7). The Morgan fingerprint density at radius 2 is 2.22 bits per heavy atom. The molecule has 0 aliphatic rings. The van der Waals surface area contributed by atoms with Gasteiger partial charge in [-0.1, -0.05) is 0 Å². The highest BCUT2D eigenvalue weighted by molar-refractivity contribution is 5.67. The van der Waals surface area contributed by atoms with Crippen LogP contribution in [0.15, 0.2) is 0 Å². The summed E-state index contributed by atoms with van der Waals surface area (Å²) in [6.07, 6.45) is 0. The van der Waals surface area contributed by atoms with Crippen LogP contribution in [0.25, 0.3) is 0 Å². The molecule has 0 saturated carbocycles. The van der Waals surface area contributed by atoms with Crippen molar-refractivity contribution in [2.75, 3.05) is 27.2 Å². The maximum absolute atomic E-state index is 6.68. The monoisotopic (exact) mass is 131 g/mol. The normalized spacial score (nSPS) is 9.67. The molecule has 0 aliphatic heterocycles. The molecule has 0 bridgehead atoms. The van der Waals surface area contributed by atoms with Crippen LogP contribution in [-0.4, -0.2) is 38.2 Å². The van der Waals surface area contributed by atoms with Crippen LogP contribution in [0, 0.1) is 5.41 Å². The predicted molar refractivity (Wildman–Crippen MR) is 36.4 cm³/mol. The third-order valence-electron chi connectivity index (χ3n) is 0.796. The van der Waals surface area contributed by atoms with Crippen LogP contribution in [0.3, 0.4) is 0 Å². The van der Waals surface area contributed by atoms with Gasteiger partial charge in [-0.15, -0.1) is 0 Å². The Morgan fingerprint density at radius 3 is 2.56 bits per heavy atom. The molecule has 9 heavy (non-hydrogen) atoms. The zero-order chi connectivity index (χ0) is 7.28. The second kappa shape index (κ2) is 4.14. The van der Waals surface area contributed by atoms with Crippen molar-refractivity contribution >= 4 is 6.02 Å². The van der Waals surface area contributed by atoms with Gasteiger partial charge in [0.2, 0.25) is 0 Å². The van der Waals surface area contributed by atoms with Crippen LogP contribution in [0.4, 0.5) is 0 Å². The highest BCUT2D eigenvalue weighted by Gasteiger charge is 1.90. The van der Waals surface area contributed by atoms with E-state index in [2.05, 4.69) is 4.74 Å². The fraction of sp³-hybridized carbons (Fsp3) is 0.800. The molecule has 3 N–H and O–H groups in total. The highest BCUT2D eigenvalue weighted by Crippen LogP contribution is 1.75. The molecule has 0 unspecified atom stereocenters. The van der Waals surface area contributed by atoms with Crippen LogP contribution < -0.4 is 5.73 Å². The Morgan fingerprint density at radius 1 is 1.67 bits per heavy atom. The van der Waals surface area contributed by atoms with Gasteiger partial charge in [-0.2, -0.15) is 0 Å². The van der Waals surface area contributed by atoms with E-state index >= 15 is 0 Å². The average molecular weight is 131 g/mol. The minimum atomic E-state index is -0.211. The van der Waals surface area contributed by atoms with Gasteiger partial charge in [-0.05, 0) is 14.1 Å². The Bertz CT molecular complexity index is 92.2. The van der Waals surface area contributed by atoms with Crippen LogP contribution in [0.5, 0.6) is 0 Å². The van der Waals surface area contributed by atoms with Gasteiger partial charge in [0.05, 0.1) is 0 Å². The van der Waals surface area contributed by atoms with Crippen LogP contribution >= 0.6 is 0 Å². The van der Waals surface area contributed by atoms with Gasteiger partial charge in [0, 0.05) is 6.54 Å². The minimum Gasteiger partial charge on any atom is -0.464 e. The van der Waals surface area contributed by atoms with Crippen molar-refractivity contribution in [3.05, 3.63) is 0 Å². The van der Waals surface area contributed by atoms with Gasteiger partial charge < -0.3 is 15.4 Å². The van der Waals surface area contributed by atoms with E-state index in [0.29, 0.717) is 6.61 Å². The maximum atomic E-state index is 6.68. The van der Waals surface area contributed by atoms with E-state index in [-0.39, 0.29) is 6.02 Å². The third-order valence-corrected chi connectivity index (χ3v) is 0.796. The Labute approximate surface area is 55.1 Å². The lowest BCUT2D eigenvalue weighted by atomic mass is 10.6. The number of nitrogens with two attached hydrogens (primary N) is 1. The van der Waals surface area contributed by atoms with Crippen LogP contribution in [0.2, 0.25) is 0 Å². The quantitative estimate of drug-likeness (QED) is 0.399. The third kappa shape index (κ3) is 7.23. The first kappa shape index (κ1) is 8.23. The highest BCUT2D eigenvalue weighted by atomic mass is 16.5.